The highest BCUT2D eigenvalue weighted by molar-refractivity contribution is 6.32. The Hall–Kier alpha value is -2.74. The largest absolute Gasteiger partial charge is 0.493 e. The molecule has 0 bridgehead atoms. The summed E-state index contributed by atoms with van der Waals surface area (Å²) in [6.07, 6.45) is -0.222. The fraction of sp³-hybridized carbons (Fsp3) is 0.450. The van der Waals surface area contributed by atoms with Crippen LogP contribution in [0.1, 0.15) is 43.2 Å². The summed E-state index contributed by atoms with van der Waals surface area (Å²) in [7, 11) is 1.45. The van der Waals surface area contributed by atoms with E-state index in [1.54, 1.807) is 13.0 Å². The predicted molar refractivity (Wildman–Crippen MR) is 108 cm³/mol. The van der Waals surface area contributed by atoms with Gasteiger partial charge >= 0.3 is 5.97 Å². The first-order valence-electron chi connectivity index (χ1n) is 9.16. The van der Waals surface area contributed by atoms with Crippen LogP contribution in [0.5, 0.6) is 11.5 Å². The van der Waals surface area contributed by atoms with Crippen LogP contribution >= 0.6 is 11.6 Å². The molecular formula is C20H25ClN2O6. The number of esters is 1. The number of halogens is 1. The number of hydrogen-bond donors (Lipinski definition) is 1. The van der Waals surface area contributed by atoms with Crippen LogP contribution in [0.25, 0.3) is 0 Å². The van der Waals surface area contributed by atoms with Gasteiger partial charge in [0, 0.05) is 6.07 Å². The van der Waals surface area contributed by atoms with Gasteiger partial charge in [-0.15, -0.1) is 0 Å². The molecule has 2 rings (SSSR count). The number of amides is 1. The van der Waals surface area contributed by atoms with Crippen LogP contribution in [0.15, 0.2) is 22.7 Å². The van der Waals surface area contributed by atoms with E-state index in [-0.39, 0.29) is 16.5 Å². The highest BCUT2D eigenvalue weighted by Crippen LogP contribution is 2.37. The molecule has 2 aromatic rings. The van der Waals surface area contributed by atoms with E-state index in [0.717, 1.165) is 6.42 Å². The topological polar surface area (TPSA) is 99.9 Å². The Morgan fingerprint density at radius 1 is 1.24 bits per heavy atom. The monoisotopic (exact) mass is 424 g/mol. The SMILES string of the molecule is COc1cc(C(=O)OC(C)C(=O)Nc2cc(C)no2)cc(Cl)c1OCCC(C)C. The van der Waals surface area contributed by atoms with E-state index in [4.69, 9.17) is 30.3 Å². The standard InChI is InChI=1S/C20H25ClN2O6/c1-11(2)6-7-27-18-15(21)9-14(10-16(18)26-5)20(25)28-13(4)19(24)22-17-8-12(3)23-29-17/h8-11,13H,6-7H2,1-5H3,(H,22,24). The third-order valence-corrected chi connectivity index (χ3v) is 4.21. The highest BCUT2D eigenvalue weighted by Gasteiger charge is 2.22. The Labute approximate surface area is 174 Å². The lowest BCUT2D eigenvalue weighted by Gasteiger charge is -2.16. The molecule has 1 atom stereocenters. The van der Waals surface area contributed by atoms with Crippen LogP contribution < -0.4 is 14.8 Å². The number of carbonyl (C=O) groups excluding carboxylic acids is 2. The Morgan fingerprint density at radius 3 is 2.55 bits per heavy atom. The van der Waals surface area contributed by atoms with Crippen LogP contribution in [0.3, 0.4) is 0 Å². The number of benzene rings is 1. The number of nitrogens with one attached hydrogen (secondary N) is 1. The summed E-state index contributed by atoms with van der Waals surface area (Å²) >= 11 is 6.27. The van der Waals surface area contributed by atoms with Crippen LogP contribution in [0.4, 0.5) is 5.88 Å². The molecule has 0 saturated carbocycles. The van der Waals surface area contributed by atoms with Gasteiger partial charge in [-0.1, -0.05) is 30.6 Å². The van der Waals surface area contributed by atoms with E-state index in [1.807, 2.05) is 0 Å². The number of aromatic nitrogens is 1. The van der Waals surface area contributed by atoms with Gasteiger partial charge in [0.1, 0.15) is 0 Å². The molecule has 1 unspecified atom stereocenters. The predicted octanol–water partition coefficient (Wildman–Crippen LogP) is 4.25. The number of nitrogens with zero attached hydrogens (tertiary/aromatic N) is 1. The van der Waals surface area contributed by atoms with Gasteiger partial charge in [0.25, 0.3) is 5.91 Å². The molecule has 0 aliphatic rings. The third kappa shape index (κ3) is 6.39. The molecule has 8 nitrogen and oxygen atoms in total. The van der Waals surface area contributed by atoms with Gasteiger partial charge in [0.15, 0.2) is 17.6 Å². The minimum Gasteiger partial charge on any atom is -0.493 e. The van der Waals surface area contributed by atoms with E-state index < -0.39 is 18.0 Å². The molecule has 9 heteroatoms. The van der Waals surface area contributed by atoms with Crippen molar-refractivity contribution in [3.05, 3.63) is 34.5 Å². The Morgan fingerprint density at radius 2 is 1.97 bits per heavy atom. The summed E-state index contributed by atoms with van der Waals surface area (Å²) in [5.74, 6) is 0.0300. The number of methoxy groups -OCH3 is 1. The third-order valence-electron chi connectivity index (χ3n) is 3.93. The zero-order chi connectivity index (χ0) is 21.6. The van der Waals surface area contributed by atoms with Crippen LogP contribution in [-0.2, 0) is 9.53 Å². The van der Waals surface area contributed by atoms with Crippen molar-refractivity contribution in [1.82, 2.24) is 5.16 Å². The van der Waals surface area contributed by atoms with E-state index in [2.05, 4.69) is 24.3 Å². The lowest BCUT2D eigenvalue weighted by Crippen LogP contribution is -2.29. The fourth-order valence-corrected chi connectivity index (χ4v) is 2.57. The zero-order valence-corrected chi connectivity index (χ0v) is 17.8. The number of carbonyl (C=O) groups is 2. The molecule has 158 valence electrons. The molecule has 0 aliphatic carbocycles. The van der Waals surface area contributed by atoms with Crippen molar-refractivity contribution in [2.75, 3.05) is 19.0 Å². The fourth-order valence-electron chi connectivity index (χ4n) is 2.30. The molecule has 1 heterocycles. The van der Waals surface area contributed by atoms with Gasteiger partial charge in [0.2, 0.25) is 5.88 Å². The summed E-state index contributed by atoms with van der Waals surface area (Å²) in [6.45, 7) is 7.80. The molecule has 0 aliphatic heterocycles. The molecule has 1 N–H and O–H groups in total. The number of ether oxygens (including phenoxy) is 3. The molecule has 0 saturated heterocycles. The summed E-state index contributed by atoms with van der Waals surface area (Å²) in [5.41, 5.74) is 0.751. The van der Waals surface area contributed by atoms with Gasteiger partial charge in [0.05, 0.1) is 30.0 Å². The van der Waals surface area contributed by atoms with Crippen molar-refractivity contribution in [3.63, 3.8) is 0 Å². The first kappa shape index (κ1) is 22.5. The van der Waals surface area contributed by atoms with Crippen molar-refractivity contribution in [1.29, 1.82) is 0 Å². The second-order valence-corrected chi connectivity index (χ2v) is 7.30. The zero-order valence-electron chi connectivity index (χ0n) is 17.1. The van der Waals surface area contributed by atoms with Gasteiger partial charge in [-0.3, -0.25) is 10.1 Å². The van der Waals surface area contributed by atoms with E-state index in [0.29, 0.717) is 29.7 Å². The van der Waals surface area contributed by atoms with Gasteiger partial charge < -0.3 is 18.7 Å². The second-order valence-electron chi connectivity index (χ2n) is 6.89. The quantitative estimate of drug-likeness (QED) is 0.600. The average Bonchev–Trinajstić information content (AvgIpc) is 3.06. The summed E-state index contributed by atoms with van der Waals surface area (Å²) < 4.78 is 21.1. The molecule has 0 radical (unpaired) electrons. The molecule has 29 heavy (non-hydrogen) atoms. The first-order chi connectivity index (χ1) is 13.7. The highest BCUT2D eigenvalue weighted by atomic mass is 35.5. The number of aryl methyl sites for hydroxylation is 1. The first-order valence-corrected chi connectivity index (χ1v) is 9.54. The molecule has 1 aromatic carbocycles. The lowest BCUT2D eigenvalue weighted by atomic mass is 10.1. The smallest absolute Gasteiger partial charge is 0.339 e. The van der Waals surface area contributed by atoms with Gasteiger partial charge in [-0.25, -0.2) is 4.79 Å². The maximum Gasteiger partial charge on any atom is 0.339 e. The van der Waals surface area contributed by atoms with Crippen molar-refractivity contribution in [3.8, 4) is 11.5 Å². The van der Waals surface area contributed by atoms with Crippen molar-refractivity contribution in [2.24, 2.45) is 5.92 Å². The minimum atomic E-state index is -1.07. The second kappa shape index (κ2) is 10.2. The summed E-state index contributed by atoms with van der Waals surface area (Å²) in [6, 6.07) is 4.43. The van der Waals surface area contributed by atoms with Crippen LogP contribution in [0, 0.1) is 12.8 Å². The van der Waals surface area contributed by atoms with E-state index >= 15 is 0 Å². The van der Waals surface area contributed by atoms with Crippen LogP contribution in [-0.4, -0.2) is 36.9 Å². The molecule has 0 fully saturated rings. The van der Waals surface area contributed by atoms with Crippen LogP contribution in [0.2, 0.25) is 5.02 Å². The summed E-state index contributed by atoms with van der Waals surface area (Å²) in [4.78, 5) is 24.6. The van der Waals surface area contributed by atoms with E-state index in [1.165, 1.54) is 26.2 Å². The lowest BCUT2D eigenvalue weighted by molar-refractivity contribution is -0.123. The van der Waals surface area contributed by atoms with Crippen molar-refractivity contribution >= 4 is 29.4 Å². The molecule has 1 amide bonds. The Bertz CT molecular complexity index is 865. The minimum absolute atomic E-state index is 0.137. The Balaban J connectivity index is 2.05. The molecule has 1 aromatic heterocycles. The molecular weight excluding hydrogens is 400 g/mol. The maximum absolute atomic E-state index is 12.5. The Kier molecular flexibility index (Phi) is 7.90. The number of hydrogen-bond acceptors (Lipinski definition) is 7. The van der Waals surface area contributed by atoms with Gasteiger partial charge in [-0.2, -0.15) is 0 Å². The average molecular weight is 425 g/mol. The van der Waals surface area contributed by atoms with Crippen molar-refractivity contribution < 1.29 is 28.3 Å². The number of anilines is 1. The summed E-state index contributed by atoms with van der Waals surface area (Å²) in [5, 5.41) is 6.36. The van der Waals surface area contributed by atoms with Crippen molar-refractivity contribution in [2.45, 2.75) is 40.2 Å². The normalized spacial score (nSPS) is 11.8. The van der Waals surface area contributed by atoms with Gasteiger partial charge in [-0.05, 0) is 38.3 Å². The number of rotatable bonds is 9. The molecule has 0 spiro atoms. The maximum atomic E-state index is 12.5. The van der Waals surface area contributed by atoms with E-state index in [9.17, 15) is 9.59 Å².